The van der Waals surface area contributed by atoms with Crippen molar-refractivity contribution in [3.8, 4) is 0 Å². The van der Waals surface area contributed by atoms with Crippen LogP contribution in [0.15, 0.2) is 60.8 Å². The molecule has 0 bridgehead atoms. The zero-order valence-corrected chi connectivity index (χ0v) is 34.1. The van der Waals surface area contributed by atoms with Gasteiger partial charge in [0.25, 0.3) is 0 Å². The molecule has 0 aliphatic carbocycles. The number of aliphatic hydroxyl groups excluding tert-OH is 1. The Hall–Kier alpha value is -2.82. The molecule has 0 aromatic carbocycles. The van der Waals surface area contributed by atoms with Gasteiger partial charge in [-0.1, -0.05) is 132 Å². The molecule has 0 radical (unpaired) electrons. The van der Waals surface area contributed by atoms with Crippen LogP contribution in [0.1, 0.15) is 155 Å². The number of carbonyl (C=O) groups is 3. The summed E-state index contributed by atoms with van der Waals surface area (Å²) in [4.78, 5) is 45.8. The molecule has 0 aromatic rings. The second kappa shape index (κ2) is 37.1. The highest BCUT2D eigenvalue weighted by molar-refractivity contribution is 7.47. The third-order valence-corrected chi connectivity index (χ3v) is 9.22. The minimum atomic E-state index is -4.76. The smallest absolute Gasteiger partial charge is 0.472 e. The molecule has 0 aromatic heterocycles. The summed E-state index contributed by atoms with van der Waals surface area (Å²) in [7, 11) is -4.76. The maximum absolute atomic E-state index is 12.3. The number of ether oxygens (including phenoxy) is 1. The molecule has 4 N–H and O–H groups in total. The number of unbranched alkanes of at least 4 members (excludes halogenated alkanes) is 13. The highest BCUT2D eigenvalue weighted by atomic mass is 31.2. The molecule has 310 valence electrons. The van der Waals surface area contributed by atoms with Gasteiger partial charge in [-0.3, -0.25) is 18.6 Å². The monoisotopic (exact) mass is 781 g/mol. The summed E-state index contributed by atoms with van der Waals surface area (Å²) >= 11 is 0. The van der Waals surface area contributed by atoms with E-state index in [0.29, 0.717) is 12.8 Å². The Morgan fingerprint density at radius 1 is 0.611 bits per heavy atom. The summed E-state index contributed by atoms with van der Waals surface area (Å²) in [6.07, 6.45) is 41.0. The Morgan fingerprint density at radius 2 is 1.07 bits per heavy atom. The number of allylic oxidation sites excluding steroid dienone is 10. The third kappa shape index (κ3) is 36.2. The molecule has 3 atom stereocenters. The number of hydrogen-bond acceptors (Lipinski definition) is 8. The fourth-order valence-electron chi connectivity index (χ4n) is 5.13. The second-order valence-corrected chi connectivity index (χ2v) is 14.9. The first kappa shape index (κ1) is 51.2. The number of phosphoric ester groups is 1. The van der Waals surface area contributed by atoms with Crippen molar-refractivity contribution in [3.05, 3.63) is 60.8 Å². The third-order valence-electron chi connectivity index (χ3n) is 8.27. The molecule has 11 nitrogen and oxygen atoms in total. The van der Waals surface area contributed by atoms with E-state index in [1.807, 2.05) is 0 Å². The molecule has 0 saturated carbocycles. The molecule has 0 spiro atoms. The first-order chi connectivity index (χ1) is 26.1. The van der Waals surface area contributed by atoms with E-state index in [-0.39, 0.29) is 12.8 Å². The van der Waals surface area contributed by atoms with Crippen LogP contribution < -0.4 is 5.32 Å². The summed E-state index contributed by atoms with van der Waals surface area (Å²) in [5.74, 6) is -2.41. The summed E-state index contributed by atoms with van der Waals surface area (Å²) in [6, 6.07) is -1.56. The van der Waals surface area contributed by atoms with Crippen molar-refractivity contribution in [2.75, 3.05) is 19.8 Å². The Kier molecular flexibility index (Phi) is 35.2. The molecule has 54 heavy (non-hydrogen) atoms. The number of aliphatic carboxylic acids is 1. The Morgan fingerprint density at radius 3 is 1.61 bits per heavy atom. The molecule has 1 amide bonds. The van der Waals surface area contributed by atoms with Crippen molar-refractivity contribution >= 4 is 25.7 Å². The topological polar surface area (TPSA) is 169 Å². The van der Waals surface area contributed by atoms with Crippen LogP contribution in [-0.4, -0.2) is 64.9 Å². The molecule has 0 fully saturated rings. The van der Waals surface area contributed by atoms with E-state index in [4.69, 9.17) is 13.8 Å². The highest BCUT2D eigenvalue weighted by Gasteiger charge is 2.28. The zero-order valence-electron chi connectivity index (χ0n) is 33.3. The molecule has 12 heteroatoms. The lowest BCUT2D eigenvalue weighted by molar-refractivity contribution is -0.147. The van der Waals surface area contributed by atoms with Crippen LogP contribution in [0, 0.1) is 0 Å². The number of amides is 1. The van der Waals surface area contributed by atoms with Crippen molar-refractivity contribution in [2.45, 2.75) is 167 Å². The predicted octanol–water partition coefficient (Wildman–Crippen LogP) is 10.00. The molecule has 3 unspecified atom stereocenters. The molecular formula is C42H72NO10P. The fraction of sp³-hybridized carbons (Fsp3) is 0.690. The van der Waals surface area contributed by atoms with Gasteiger partial charge in [-0.25, -0.2) is 9.36 Å². The lowest BCUT2D eigenvalue weighted by Gasteiger charge is -2.18. The Bertz CT molecular complexity index is 1150. The second-order valence-electron chi connectivity index (χ2n) is 13.4. The quantitative estimate of drug-likeness (QED) is 0.0206. The van der Waals surface area contributed by atoms with E-state index in [2.05, 4.69) is 79.9 Å². The van der Waals surface area contributed by atoms with Gasteiger partial charge in [0, 0.05) is 12.8 Å². The zero-order chi connectivity index (χ0) is 40.0. The maximum Gasteiger partial charge on any atom is 0.472 e. The van der Waals surface area contributed by atoms with Gasteiger partial charge in [-0.15, -0.1) is 0 Å². The number of carbonyl (C=O) groups excluding carboxylic acids is 2. The van der Waals surface area contributed by atoms with E-state index in [1.165, 1.54) is 12.8 Å². The minimum absolute atomic E-state index is 0.126. The van der Waals surface area contributed by atoms with Crippen LogP contribution in [0.4, 0.5) is 0 Å². The first-order valence-electron chi connectivity index (χ1n) is 20.3. The van der Waals surface area contributed by atoms with E-state index in [9.17, 15) is 34.1 Å². The Labute approximate surface area is 326 Å². The number of nitrogens with one attached hydrogen (secondary N) is 1. The average Bonchev–Trinajstić information content (AvgIpc) is 3.14. The van der Waals surface area contributed by atoms with Crippen molar-refractivity contribution in [2.24, 2.45) is 0 Å². The summed E-state index contributed by atoms with van der Waals surface area (Å²) in [5, 5.41) is 21.8. The summed E-state index contributed by atoms with van der Waals surface area (Å²) in [5.41, 5.74) is 0. The van der Waals surface area contributed by atoms with Crippen LogP contribution in [-0.2, 0) is 32.7 Å². The van der Waals surface area contributed by atoms with Crippen LogP contribution in [0.3, 0.4) is 0 Å². The number of phosphoric acid groups is 1. The molecule has 0 aliphatic rings. The van der Waals surface area contributed by atoms with Crippen molar-refractivity contribution in [3.63, 3.8) is 0 Å². The average molecular weight is 782 g/mol. The minimum Gasteiger partial charge on any atom is -0.480 e. The lowest BCUT2D eigenvalue weighted by Crippen LogP contribution is -2.43. The van der Waals surface area contributed by atoms with Crippen LogP contribution in [0.5, 0.6) is 0 Å². The van der Waals surface area contributed by atoms with Gasteiger partial charge in [-0.05, 0) is 70.6 Å². The van der Waals surface area contributed by atoms with E-state index < -0.39 is 57.6 Å². The van der Waals surface area contributed by atoms with Gasteiger partial charge in [0.15, 0.2) is 6.04 Å². The van der Waals surface area contributed by atoms with Crippen molar-refractivity contribution in [1.29, 1.82) is 0 Å². The van der Waals surface area contributed by atoms with Crippen molar-refractivity contribution < 1.29 is 47.8 Å². The number of carboxylic acids is 1. The lowest BCUT2D eigenvalue weighted by atomic mass is 10.1. The summed E-state index contributed by atoms with van der Waals surface area (Å²) in [6.45, 7) is 2.37. The fourth-order valence-corrected chi connectivity index (χ4v) is 5.90. The molecular weight excluding hydrogens is 709 g/mol. The number of esters is 1. The summed E-state index contributed by atoms with van der Waals surface area (Å²) < 4.78 is 26.8. The standard InChI is InChI=1S/C42H72NO10P/c1-3-5-7-9-11-13-15-17-18-19-20-22-24-26-28-30-32-34-41(46)51-35-38(44)36-52-54(49,50)53-37-39(42(47)48)43-40(45)33-31-29-27-25-23-21-16-14-12-10-8-6-4-2/h5,7-8,10-11,13-14,16-18,38-39,44H,3-4,6,9,12,15,19-37H2,1-2H3,(H,43,45)(H,47,48)(H,49,50)/b7-5-,10-8-,13-11-,16-14-,18-17-. The van der Waals surface area contributed by atoms with Gasteiger partial charge in [-0.2, -0.15) is 0 Å². The SMILES string of the molecule is CC/C=C\C/C=C\C/C=C\CCCCCCCCCC(=O)OCC(O)COP(=O)(O)OCC(NC(=O)CCCCCCC/C=C\C/C=C\CCC)C(=O)O. The first-order valence-corrected chi connectivity index (χ1v) is 21.8. The van der Waals surface area contributed by atoms with Gasteiger partial charge >= 0.3 is 19.8 Å². The Balaban J connectivity index is 3.96. The van der Waals surface area contributed by atoms with Crippen LogP contribution >= 0.6 is 7.82 Å². The predicted molar refractivity (Wildman–Crippen MR) is 217 cm³/mol. The highest BCUT2D eigenvalue weighted by Crippen LogP contribution is 2.43. The van der Waals surface area contributed by atoms with Gasteiger partial charge < -0.3 is 25.2 Å². The number of carboxylic acid groups (broad SMARTS) is 1. The van der Waals surface area contributed by atoms with Gasteiger partial charge in [0.2, 0.25) is 5.91 Å². The van der Waals surface area contributed by atoms with E-state index >= 15 is 0 Å². The molecule has 0 saturated heterocycles. The molecule has 0 rings (SSSR count). The van der Waals surface area contributed by atoms with Gasteiger partial charge in [0.05, 0.1) is 13.2 Å². The van der Waals surface area contributed by atoms with Crippen molar-refractivity contribution in [1.82, 2.24) is 5.32 Å². The number of hydrogen-bond donors (Lipinski definition) is 4. The normalized spacial score (nSPS) is 14.4. The molecule has 0 heterocycles. The van der Waals surface area contributed by atoms with Crippen LogP contribution in [0.25, 0.3) is 0 Å². The molecule has 0 aliphatic heterocycles. The van der Waals surface area contributed by atoms with Crippen LogP contribution in [0.2, 0.25) is 0 Å². The largest absolute Gasteiger partial charge is 0.480 e. The van der Waals surface area contributed by atoms with E-state index in [1.54, 1.807) is 0 Å². The van der Waals surface area contributed by atoms with Gasteiger partial charge in [0.1, 0.15) is 12.7 Å². The number of rotatable bonds is 37. The van der Waals surface area contributed by atoms with E-state index in [0.717, 1.165) is 103 Å². The maximum atomic E-state index is 12.3. The number of aliphatic hydroxyl groups is 1.